The van der Waals surface area contributed by atoms with Crippen LogP contribution in [-0.2, 0) is 9.47 Å². The molecule has 8 heteroatoms. The fourth-order valence-electron chi connectivity index (χ4n) is 2.29. The van der Waals surface area contributed by atoms with Crippen molar-refractivity contribution >= 4 is 0 Å². The lowest BCUT2D eigenvalue weighted by Gasteiger charge is -2.21. The second-order valence-corrected chi connectivity index (χ2v) is 4.65. The molecule has 1 aliphatic rings. The summed E-state index contributed by atoms with van der Waals surface area (Å²) in [7, 11) is 0. The van der Waals surface area contributed by atoms with E-state index in [0.717, 1.165) is 10.6 Å². The zero-order chi connectivity index (χ0) is 14.9. The third-order valence-corrected chi connectivity index (χ3v) is 3.29. The van der Waals surface area contributed by atoms with Gasteiger partial charge in [0.15, 0.2) is 6.23 Å². The highest BCUT2D eigenvalue weighted by Crippen LogP contribution is 2.30. The molecule has 1 aromatic heterocycles. The topological polar surface area (TPSA) is 114 Å². The number of nitrogens with one attached hydrogen (secondary N) is 1. The maximum absolute atomic E-state index is 11.7. The van der Waals surface area contributed by atoms with Crippen molar-refractivity contribution in [2.24, 2.45) is 0 Å². The van der Waals surface area contributed by atoms with E-state index in [1.165, 1.54) is 6.20 Å². The number of nitrogens with zero attached hydrogens (tertiary/aromatic N) is 1. The van der Waals surface area contributed by atoms with Crippen LogP contribution in [0.2, 0.25) is 0 Å². The fourth-order valence-corrected chi connectivity index (χ4v) is 2.29. The lowest BCUT2D eigenvalue weighted by molar-refractivity contribution is -0.100. The molecule has 5 atom stereocenters. The minimum absolute atomic E-state index is 0.437. The molecule has 2 heterocycles. The predicted octanol–water partition coefficient (Wildman–Crippen LogP) is -1.42. The lowest BCUT2D eigenvalue weighted by Crippen LogP contribution is -2.39. The zero-order valence-electron chi connectivity index (χ0n) is 11.2. The maximum atomic E-state index is 11.7. The first-order valence-corrected chi connectivity index (χ1v) is 6.40. The van der Waals surface area contributed by atoms with Gasteiger partial charge in [-0.15, -0.1) is 0 Å². The van der Waals surface area contributed by atoms with Crippen LogP contribution in [0.5, 0.6) is 0 Å². The Hall–Kier alpha value is -1.48. The van der Waals surface area contributed by atoms with E-state index < -0.39 is 41.9 Å². The van der Waals surface area contributed by atoms with E-state index >= 15 is 0 Å². The summed E-state index contributed by atoms with van der Waals surface area (Å²) in [5.74, 6) is 0. The monoisotopic (exact) mass is 286 g/mol. The molecule has 1 unspecified atom stereocenters. The van der Waals surface area contributed by atoms with Gasteiger partial charge >= 0.3 is 5.69 Å². The molecule has 0 saturated carbocycles. The first kappa shape index (κ1) is 14.9. The molecule has 1 aromatic rings. The van der Waals surface area contributed by atoms with Gasteiger partial charge in [0.05, 0.1) is 6.10 Å². The van der Waals surface area contributed by atoms with Crippen LogP contribution in [0.4, 0.5) is 0 Å². The van der Waals surface area contributed by atoms with E-state index in [2.05, 4.69) is 4.98 Å². The molecule has 8 nitrogen and oxygen atoms in total. The van der Waals surface area contributed by atoms with E-state index in [9.17, 15) is 19.8 Å². The molecular formula is C12H18N2O6. The Bertz CT molecular complexity index is 568. The molecule has 0 aliphatic carbocycles. The molecule has 0 spiro atoms. The Morgan fingerprint density at radius 1 is 1.45 bits per heavy atom. The zero-order valence-corrected chi connectivity index (χ0v) is 11.2. The van der Waals surface area contributed by atoms with Crippen molar-refractivity contribution in [3.63, 3.8) is 0 Å². The summed E-state index contributed by atoms with van der Waals surface area (Å²) in [6.45, 7) is 3.95. The number of aromatic nitrogens is 2. The number of rotatable bonds is 4. The summed E-state index contributed by atoms with van der Waals surface area (Å²) >= 11 is 0. The van der Waals surface area contributed by atoms with Gasteiger partial charge in [-0.05, 0) is 13.8 Å². The van der Waals surface area contributed by atoms with Gasteiger partial charge in [-0.25, -0.2) is 4.79 Å². The molecule has 0 radical (unpaired) electrons. The predicted molar refractivity (Wildman–Crippen MR) is 68.3 cm³/mol. The normalized spacial score (nSPS) is 31.4. The van der Waals surface area contributed by atoms with Crippen molar-refractivity contribution in [3.8, 4) is 0 Å². The number of ether oxygens (including phenoxy) is 2. The van der Waals surface area contributed by atoms with Crippen LogP contribution in [0, 0.1) is 0 Å². The third kappa shape index (κ3) is 2.68. The van der Waals surface area contributed by atoms with Gasteiger partial charge < -0.3 is 19.7 Å². The third-order valence-electron chi connectivity index (χ3n) is 3.29. The number of hydrogen-bond donors (Lipinski definition) is 3. The highest BCUT2D eigenvalue weighted by Gasteiger charge is 2.46. The Morgan fingerprint density at radius 3 is 2.75 bits per heavy atom. The second-order valence-electron chi connectivity index (χ2n) is 4.65. The average molecular weight is 286 g/mol. The highest BCUT2D eigenvalue weighted by molar-refractivity contribution is 4.94. The molecule has 0 bridgehead atoms. The van der Waals surface area contributed by atoms with Crippen molar-refractivity contribution in [2.75, 3.05) is 6.61 Å². The van der Waals surface area contributed by atoms with Crippen molar-refractivity contribution in [1.82, 2.24) is 9.55 Å². The van der Waals surface area contributed by atoms with Gasteiger partial charge in [0.25, 0.3) is 5.56 Å². The minimum Gasteiger partial charge on any atom is -0.387 e. The van der Waals surface area contributed by atoms with Crippen LogP contribution in [0.1, 0.15) is 20.1 Å². The molecule has 3 N–H and O–H groups in total. The standard InChI is InChI=1S/C12H18N2O6/c1-3-19-6(2)10-8(16)9(17)11(20-10)14-5-4-7(15)13-12(14)18/h4-6,8-11,16-17H,3H2,1-2H3,(H,13,15,18)/t6?,8-,9+,10+,11+/m0/s1. The van der Waals surface area contributed by atoms with Crippen LogP contribution < -0.4 is 11.2 Å². The lowest BCUT2D eigenvalue weighted by atomic mass is 10.1. The number of aliphatic hydroxyl groups excluding tert-OH is 2. The number of aliphatic hydroxyl groups is 2. The molecule has 0 aromatic carbocycles. The molecular weight excluding hydrogens is 268 g/mol. The van der Waals surface area contributed by atoms with Gasteiger partial charge in [0.1, 0.15) is 18.3 Å². The van der Waals surface area contributed by atoms with E-state index in [-0.39, 0.29) is 0 Å². The first-order chi connectivity index (χ1) is 9.45. The Kier molecular flexibility index (Phi) is 4.39. The summed E-state index contributed by atoms with van der Waals surface area (Å²) in [4.78, 5) is 24.8. The molecule has 0 amide bonds. The van der Waals surface area contributed by atoms with Crippen molar-refractivity contribution in [3.05, 3.63) is 33.1 Å². The highest BCUT2D eigenvalue weighted by atomic mass is 16.6. The number of H-pyrrole nitrogens is 1. The van der Waals surface area contributed by atoms with Gasteiger partial charge in [-0.3, -0.25) is 14.3 Å². The number of hydrogen-bond acceptors (Lipinski definition) is 6. The summed E-state index contributed by atoms with van der Waals surface area (Å²) in [6, 6.07) is 1.14. The van der Waals surface area contributed by atoms with Gasteiger partial charge in [0.2, 0.25) is 0 Å². The molecule has 1 fully saturated rings. The molecule has 1 saturated heterocycles. The average Bonchev–Trinajstić information content (AvgIpc) is 2.67. The molecule has 112 valence electrons. The van der Waals surface area contributed by atoms with Crippen LogP contribution in [0.3, 0.4) is 0 Å². The largest absolute Gasteiger partial charge is 0.387 e. The minimum atomic E-state index is -1.29. The second kappa shape index (κ2) is 5.88. The Balaban J connectivity index is 2.26. The quantitative estimate of drug-likeness (QED) is 0.626. The SMILES string of the molecule is CCOC(C)[C@H]1O[C@@H](n2ccc(=O)[nH]c2=O)[C@H](O)[C@@H]1O. The Labute approximate surface area is 114 Å². The summed E-state index contributed by atoms with van der Waals surface area (Å²) in [5.41, 5.74) is -1.25. The molecule has 2 rings (SSSR count). The van der Waals surface area contributed by atoms with E-state index in [1.54, 1.807) is 13.8 Å². The summed E-state index contributed by atoms with van der Waals surface area (Å²) in [5, 5.41) is 20.0. The number of aromatic amines is 1. The van der Waals surface area contributed by atoms with Crippen molar-refractivity contribution in [2.45, 2.75) is 44.5 Å². The Morgan fingerprint density at radius 2 is 2.15 bits per heavy atom. The summed E-state index contributed by atoms with van der Waals surface area (Å²) < 4.78 is 11.9. The van der Waals surface area contributed by atoms with E-state index in [0.29, 0.717) is 6.61 Å². The van der Waals surface area contributed by atoms with Gasteiger partial charge in [-0.1, -0.05) is 0 Å². The van der Waals surface area contributed by atoms with Crippen LogP contribution >= 0.6 is 0 Å². The first-order valence-electron chi connectivity index (χ1n) is 6.40. The van der Waals surface area contributed by atoms with Crippen molar-refractivity contribution < 1.29 is 19.7 Å². The smallest absolute Gasteiger partial charge is 0.330 e. The molecule has 1 aliphatic heterocycles. The van der Waals surface area contributed by atoms with E-state index in [1.807, 2.05) is 0 Å². The molecule has 20 heavy (non-hydrogen) atoms. The maximum Gasteiger partial charge on any atom is 0.330 e. The van der Waals surface area contributed by atoms with Crippen LogP contribution in [-0.4, -0.2) is 50.8 Å². The van der Waals surface area contributed by atoms with Crippen molar-refractivity contribution in [1.29, 1.82) is 0 Å². The van der Waals surface area contributed by atoms with Crippen LogP contribution in [0.25, 0.3) is 0 Å². The van der Waals surface area contributed by atoms with E-state index in [4.69, 9.17) is 9.47 Å². The van der Waals surface area contributed by atoms with Gasteiger partial charge in [-0.2, -0.15) is 0 Å². The fraction of sp³-hybridized carbons (Fsp3) is 0.667. The van der Waals surface area contributed by atoms with Crippen LogP contribution in [0.15, 0.2) is 21.9 Å². The van der Waals surface area contributed by atoms with Gasteiger partial charge in [0, 0.05) is 18.9 Å². The summed E-state index contributed by atoms with van der Waals surface area (Å²) in [6.07, 6.45) is -3.51.